The van der Waals surface area contributed by atoms with Gasteiger partial charge >= 0.3 is 6.18 Å². The Morgan fingerprint density at radius 1 is 1.13 bits per heavy atom. The predicted molar refractivity (Wildman–Crippen MR) is 109 cm³/mol. The van der Waals surface area contributed by atoms with Gasteiger partial charge in [-0.3, -0.25) is 14.4 Å². The number of nitrogens with zero attached hydrogens (tertiary/aromatic N) is 2. The SMILES string of the molecule is O=C(Nc1cccc(C(F)(F)F)c1)c1ccc(CN2CC(=O)N3CSCC3C2=O)cc1. The van der Waals surface area contributed by atoms with Crippen LogP contribution in [0.25, 0.3) is 0 Å². The van der Waals surface area contributed by atoms with Crippen LogP contribution in [0.2, 0.25) is 0 Å². The van der Waals surface area contributed by atoms with Crippen LogP contribution in [0, 0.1) is 0 Å². The van der Waals surface area contributed by atoms with E-state index in [0.717, 1.165) is 17.7 Å². The second-order valence-electron chi connectivity index (χ2n) is 7.30. The van der Waals surface area contributed by atoms with Crippen molar-refractivity contribution in [1.29, 1.82) is 0 Å². The van der Waals surface area contributed by atoms with Gasteiger partial charge in [-0.05, 0) is 35.9 Å². The van der Waals surface area contributed by atoms with Gasteiger partial charge in [0.1, 0.15) is 12.6 Å². The monoisotopic (exact) mass is 449 g/mol. The third kappa shape index (κ3) is 4.53. The molecule has 0 spiro atoms. The number of piperazine rings is 1. The van der Waals surface area contributed by atoms with E-state index < -0.39 is 23.7 Å². The Morgan fingerprint density at radius 3 is 2.58 bits per heavy atom. The molecule has 162 valence electrons. The van der Waals surface area contributed by atoms with Crippen LogP contribution in [0.1, 0.15) is 21.5 Å². The summed E-state index contributed by atoms with van der Waals surface area (Å²) in [6.07, 6.45) is -4.50. The van der Waals surface area contributed by atoms with Gasteiger partial charge in [0, 0.05) is 23.5 Å². The van der Waals surface area contributed by atoms with E-state index in [9.17, 15) is 27.6 Å². The van der Waals surface area contributed by atoms with Crippen LogP contribution in [0.5, 0.6) is 0 Å². The maximum Gasteiger partial charge on any atom is 0.416 e. The molecule has 1 N–H and O–H groups in total. The quantitative estimate of drug-likeness (QED) is 0.779. The van der Waals surface area contributed by atoms with Crippen molar-refractivity contribution in [2.75, 3.05) is 23.5 Å². The predicted octanol–water partition coefficient (Wildman–Crippen LogP) is 3.20. The molecule has 1 unspecified atom stereocenters. The molecule has 0 aliphatic carbocycles. The molecule has 2 saturated heterocycles. The molecule has 1 atom stereocenters. The molecule has 0 radical (unpaired) electrons. The summed E-state index contributed by atoms with van der Waals surface area (Å²) in [4.78, 5) is 40.3. The molecular formula is C21H18F3N3O3S. The van der Waals surface area contributed by atoms with E-state index in [1.54, 1.807) is 28.8 Å². The number of carbonyl (C=O) groups is 3. The highest BCUT2D eigenvalue weighted by Crippen LogP contribution is 2.31. The van der Waals surface area contributed by atoms with Gasteiger partial charge in [-0.2, -0.15) is 13.2 Å². The van der Waals surface area contributed by atoms with Gasteiger partial charge in [-0.15, -0.1) is 11.8 Å². The molecule has 2 fully saturated rings. The number of rotatable bonds is 4. The van der Waals surface area contributed by atoms with Gasteiger partial charge in [0.25, 0.3) is 5.91 Å². The van der Waals surface area contributed by atoms with Gasteiger partial charge < -0.3 is 15.1 Å². The number of alkyl halides is 3. The highest BCUT2D eigenvalue weighted by atomic mass is 32.2. The first-order valence-corrected chi connectivity index (χ1v) is 10.6. The number of fused-ring (bicyclic) bond motifs is 1. The Balaban J connectivity index is 1.41. The average Bonchev–Trinajstić information content (AvgIpc) is 3.23. The van der Waals surface area contributed by atoms with Crippen molar-refractivity contribution >= 4 is 35.2 Å². The third-order valence-corrected chi connectivity index (χ3v) is 6.18. The Hall–Kier alpha value is -3.01. The van der Waals surface area contributed by atoms with Crippen LogP contribution in [0.15, 0.2) is 48.5 Å². The maximum absolute atomic E-state index is 12.8. The van der Waals surface area contributed by atoms with Crippen LogP contribution in [-0.2, 0) is 22.3 Å². The summed E-state index contributed by atoms with van der Waals surface area (Å²) in [5.74, 6) is 0.422. The van der Waals surface area contributed by atoms with Crippen LogP contribution in [0.4, 0.5) is 18.9 Å². The molecule has 3 amide bonds. The van der Waals surface area contributed by atoms with E-state index in [4.69, 9.17) is 0 Å². The minimum atomic E-state index is -4.50. The fourth-order valence-electron chi connectivity index (χ4n) is 3.53. The molecule has 2 aliphatic heterocycles. The molecule has 31 heavy (non-hydrogen) atoms. The summed E-state index contributed by atoms with van der Waals surface area (Å²) in [6, 6.07) is 10.4. The summed E-state index contributed by atoms with van der Waals surface area (Å²) in [6.45, 7) is 0.267. The second kappa shape index (κ2) is 8.26. The molecule has 2 aromatic carbocycles. The molecule has 10 heteroatoms. The highest BCUT2D eigenvalue weighted by Gasteiger charge is 2.42. The molecule has 0 saturated carbocycles. The number of hydrogen-bond donors (Lipinski definition) is 1. The smallest absolute Gasteiger partial charge is 0.327 e. The van der Waals surface area contributed by atoms with E-state index in [0.29, 0.717) is 11.6 Å². The number of nitrogens with one attached hydrogen (secondary N) is 1. The summed E-state index contributed by atoms with van der Waals surface area (Å²) in [7, 11) is 0. The van der Waals surface area contributed by atoms with Gasteiger partial charge in [-0.1, -0.05) is 18.2 Å². The topological polar surface area (TPSA) is 69.7 Å². The summed E-state index contributed by atoms with van der Waals surface area (Å²) in [5, 5.41) is 2.45. The maximum atomic E-state index is 12.8. The molecule has 0 bridgehead atoms. The number of anilines is 1. The van der Waals surface area contributed by atoms with Crippen LogP contribution in [-0.4, -0.2) is 51.7 Å². The molecule has 4 rings (SSSR count). The number of benzene rings is 2. The van der Waals surface area contributed by atoms with Gasteiger partial charge in [0.15, 0.2) is 0 Å². The average molecular weight is 449 g/mol. The zero-order chi connectivity index (χ0) is 22.2. The van der Waals surface area contributed by atoms with Gasteiger partial charge in [0.05, 0.1) is 11.4 Å². The Bertz CT molecular complexity index is 1030. The molecule has 2 aliphatic rings. The van der Waals surface area contributed by atoms with Crippen molar-refractivity contribution in [3.05, 3.63) is 65.2 Å². The third-order valence-electron chi connectivity index (χ3n) is 5.16. The van der Waals surface area contributed by atoms with Crippen molar-refractivity contribution in [3.63, 3.8) is 0 Å². The molecular weight excluding hydrogens is 431 g/mol. The number of hydrogen-bond acceptors (Lipinski definition) is 4. The minimum absolute atomic E-state index is 0.0215. The molecule has 2 heterocycles. The van der Waals surface area contributed by atoms with E-state index in [-0.39, 0.29) is 36.2 Å². The van der Waals surface area contributed by atoms with Crippen molar-refractivity contribution in [2.24, 2.45) is 0 Å². The second-order valence-corrected chi connectivity index (χ2v) is 8.30. The van der Waals surface area contributed by atoms with Crippen LogP contribution < -0.4 is 5.32 Å². The normalized spacial score (nSPS) is 18.9. The Labute approximate surface area is 180 Å². The fourth-order valence-corrected chi connectivity index (χ4v) is 4.70. The van der Waals surface area contributed by atoms with Crippen molar-refractivity contribution in [1.82, 2.24) is 9.80 Å². The zero-order valence-electron chi connectivity index (χ0n) is 16.2. The minimum Gasteiger partial charge on any atom is -0.327 e. The first-order valence-electron chi connectivity index (χ1n) is 9.46. The van der Waals surface area contributed by atoms with Crippen molar-refractivity contribution < 1.29 is 27.6 Å². The van der Waals surface area contributed by atoms with Gasteiger partial charge in [0.2, 0.25) is 11.8 Å². The van der Waals surface area contributed by atoms with E-state index >= 15 is 0 Å². The number of halogens is 3. The summed E-state index contributed by atoms with van der Waals surface area (Å²) in [5.41, 5.74) is 0.206. The lowest BCUT2D eigenvalue weighted by Crippen LogP contribution is -2.57. The fraction of sp³-hybridized carbons (Fsp3) is 0.286. The summed E-state index contributed by atoms with van der Waals surface area (Å²) >= 11 is 1.55. The number of carbonyl (C=O) groups excluding carboxylic acids is 3. The lowest BCUT2D eigenvalue weighted by Gasteiger charge is -2.35. The lowest BCUT2D eigenvalue weighted by molar-refractivity contribution is -0.153. The number of amides is 3. The Morgan fingerprint density at radius 2 is 1.87 bits per heavy atom. The first-order chi connectivity index (χ1) is 14.7. The highest BCUT2D eigenvalue weighted by molar-refractivity contribution is 7.99. The van der Waals surface area contributed by atoms with Crippen molar-refractivity contribution in [3.8, 4) is 0 Å². The van der Waals surface area contributed by atoms with Crippen LogP contribution in [0.3, 0.4) is 0 Å². The van der Waals surface area contributed by atoms with Crippen molar-refractivity contribution in [2.45, 2.75) is 18.8 Å². The molecule has 6 nitrogen and oxygen atoms in total. The number of thioether (sulfide) groups is 1. The largest absolute Gasteiger partial charge is 0.416 e. The first kappa shape index (κ1) is 21.2. The Kier molecular flexibility index (Phi) is 5.65. The molecule has 2 aromatic rings. The zero-order valence-corrected chi connectivity index (χ0v) is 17.0. The standard InChI is InChI=1S/C21H18F3N3O3S/c22-21(23,24)15-2-1-3-16(8-15)25-19(29)14-6-4-13(5-7-14)9-26-10-18(28)27-12-31-11-17(27)20(26)30/h1-8,17H,9-12H2,(H,25,29). The van der Waals surface area contributed by atoms with E-state index in [1.165, 1.54) is 29.2 Å². The lowest BCUT2D eigenvalue weighted by atomic mass is 10.1. The molecule has 0 aromatic heterocycles. The van der Waals surface area contributed by atoms with E-state index in [2.05, 4.69) is 5.32 Å². The summed E-state index contributed by atoms with van der Waals surface area (Å²) < 4.78 is 38.5. The van der Waals surface area contributed by atoms with Gasteiger partial charge in [-0.25, -0.2) is 0 Å². The van der Waals surface area contributed by atoms with E-state index in [1.807, 2.05) is 0 Å². The van der Waals surface area contributed by atoms with Crippen LogP contribution >= 0.6 is 11.8 Å².